The highest BCUT2D eigenvalue weighted by Gasteiger charge is 1.96. The fraction of sp³-hybridized carbons (Fsp3) is 0.500. The van der Waals surface area contributed by atoms with Gasteiger partial charge in [-0.15, -0.1) is 0 Å². The molecule has 2 nitrogen and oxygen atoms in total. The molecule has 0 bridgehead atoms. The van der Waals surface area contributed by atoms with Crippen molar-refractivity contribution in [2.24, 2.45) is 0 Å². The predicted molar refractivity (Wildman–Crippen MR) is 64.7 cm³/mol. The fourth-order valence-corrected chi connectivity index (χ4v) is 1.34. The first kappa shape index (κ1) is 12.3. The zero-order valence-corrected chi connectivity index (χ0v) is 10.1. The van der Waals surface area contributed by atoms with Gasteiger partial charge >= 0.3 is 0 Å². The number of nitrogens with zero attached hydrogens (tertiary/aromatic N) is 1. The van der Waals surface area contributed by atoms with Gasteiger partial charge in [-0.25, -0.2) is 0 Å². The van der Waals surface area contributed by atoms with Crippen LogP contribution in [0.4, 0.5) is 0 Å². The van der Waals surface area contributed by atoms with Crippen LogP contribution < -0.4 is 4.74 Å². The molecule has 0 spiro atoms. The topological polar surface area (TPSA) is 12.5 Å². The molecule has 1 aromatic rings. The van der Waals surface area contributed by atoms with Crippen molar-refractivity contribution in [2.75, 3.05) is 26.7 Å². The zero-order chi connectivity index (χ0) is 11.1. The van der Waals surface area contributed by atoms with Gasteiger partial charge in [-0.1, -0.05) is 18.5 Å². The Hall–Kier alpha value is -0.730. The molecule has 0 aliphatic rings. The van der Waals surface area contributed by atoms with E-state index >= 15 is 0 Å². The average Bonchev–Trinajstić information content (AvgIpc) is 2.26. The predicted octanol–water partition coefficient (Wildman–Crippen LogP) is 3.06. The lowest BCUT2D eigenvalue weighted by Crippen LogP contribution is -2.20. The molecule has 84 valence electrons. The van der Waals surface area contributed by atoms with Gasteiger partial charge < -0.3 is 9.64 Å². The van der Waals surface area contributed by atoms with Crippen LogP contribution in [0.15, 0.2) is 24.3 Å². The zero-order valence-electron chi connectivity index (χ0n) is 9.37. The van der Waals surface area contributed by atoms with E-state index in [2.05, 4.69) is 18.9 Å². The van der Waals surface area contributed by atoms with E-state index in [4.69, 9.17) is 16.3 Å². The second kappa shape index (κ2) is 6.70. The third-order valence-electron chi connectivity index (χ3n) is 2.31. The lowest BCUT2D eigenvalue weighted by atomic mass is 10.3. The standard InChI is InChI=1S/C12H18ClNO/c1-3-14(2)9-4-10-15-12-7-5-11(13)6-8-12/h5-8H,3-4,9-10H2,1-2H3. The Kier molecular flexibility index (Phi) is 5.51. The normalized spacial score (nSPS) is 10.7. The minimum atomic E-state index is 0.744. The van der Waals surface area contributed by atoms with Crippen molar-refractivity contribution >= 4 is 11.6 Å². The molecule has 0 saturated carbocycles. The molecule has 0 aromatic heterocycles. The van der Waals surface area contributed by atoms with Crippen LogP contribution in [0.2, 0.25) is 5.02 Å². The molecule has 0 aliphatic carbocycles. The largest absolute Gasteiger partial charge is 0.494 e. The maximum Gasteiger partial charge on any atom is 0.119 e. The van der Waals surface area contributed by atoms with Crippen LogP contribution >= 0.6 is 11.6 Å². The molecule has 1 rings (SSSR count). The summed E-state index contributed by atoms with van der Waals surface area (Å²) in [5.41, 5.74) is 0. The van der Waals surface area contributed by atoms with Crippen LogP contribution in [-0.4, -0.2) is 31.6 Å². The van der Waals surface area contributed by atoms with E-state index in [1.165, 1.54) is 0 Å². The van der Waals surface area contributed by atoms with Crippen molar-refractivity contribution in [3.05, 3.63) is 29.3 Å². The highest BCUT2D eigenvalue weighted by atomic mass is 35.5. The van der Waals surface area contributed by atoms with Crippen LogP contribution in [0.3, 0.4) is 0 Å². The first-order valence-electron chi connectivity index (χ1n) is 5.29. The molecule has 0 fully saturated rings. The number of rotatable bonds is 6. The van der Waals surface area contributed by atoms with E-state index < -0.39 is 0 Å². The highest BCUT2D eigenvalue weighted by molar-refractivity contribution is 6.30. The van der Waals surface area contributed by atoms with Gasteiger partial charge in [0, 0.05) is 11.6 Å². The van der Waals surface area contributed by atoms with Crippen molar-refractivity contribution in [2.45, 2.75) is 13.3 Å². The Labute approximate surface area is 96.8 Å². The van der Waals surface area contributed by atoms with E-state index in [9.17, 15) is 0 Å². The van der Waals surface area contributed by atoms with Crippen LogP contribution in [0, 0.1) is 0 Å². The lowest BCUT2D eigenvalue weighted by Gasteiger charge is -2.13. The monoisotopic (exact) mass is 227 g/mol. The second-order valence-corrected chi connectivity index (χ2v) is 3.99. The lowest BCUT2D eigenvalue weighted by molar-refractivity contribution is 0.268. The van der Waals surface area contributed by atoms with Gasteiger partial charge in [-0.2, -0.15) is 0 Å². The van der Waals surface area contributed by atoms with E-state index in [1.807, 2.05) is 24.3 Å². The number of halogens is 1. The molecular weight excluding hydrogens is 210 g/mol. The number of hydrogen-bond acceptors (Lipinski definition) is 2. The first-order valence-corrected chi connectivity index (χ1v) is 5.67. The molecule has 0 aliphatic heterocycles. The third kappa shape index (κ3) is 5.05. The molecule has 0 saturated heterocycles. The number of hydrogen-bond donors (Lipinski definition) is 0. The van der Waals surface area contributed by atoms with Crippen molar-refractivity contribution in [1.29, 1.82) is 0 Å². The maximum absolute atomic E-state index is 5.77. The number of benzene rings is 1. The third-order valence-corrected chi connectivity index (χ3v) is 2.56. The molecule has 15 heavy (non-hydrogen) atoms. The van der Waals surface area contributed by atoms with Gasteiger partial charge in [-0.3, -0.25) is 0 Å². The smallest absolute Gasteiger partial charge is 0.119 e. The Morgan fingerprint density at radius 3 is 2.53 bits per heavy atom. The summed E-state index contributed by atoms with van der Waals surface area (Å²) in [6.45, 7) is 5.07. The molecule has 1 aromatic carbocycles. The fourth-order valence-electron chi connectivity index (χ4n) is 1.21. The molecule has 0 radical (unpaired) electrons. The molecule has 0 atom stereocenters. The Balaban J connectivity index is 2.17. The van der Waals surface area contributed by atoms with Crippen molar-refractivity contribution in [3.63, 3.8) is 0 Å². The summed E-state index contributed by atoms with van der Waals surface area (Å²) in [7, 11) is 2.11. The van der Waals surface area contributed by atoms with Crippen LogP contribution in [0.5, 0.6) is 5.75 Å². The van der Waals surface area contributed by atoms with E-state index in [0.29, 0.717) is 0 Å². The molecular formula is C12H18ClNO. The quantitative estimate of drug-likeness (QED) is 0.693. The summed E-state index contributed by atoms with van der Waals surface area (Å²) >= 11 is 5.77. The van der Waals surface area contributed by atoms with E-state index in [1.54, 1.807) is 0 Å². The van der Waals surface area contributed by atoms with Crippen molar-refractivity contribution in [1.82, 2.24) is 4.90 Å². The van der Waals surface area contributed by atoms with Gasteiger partial charge in [0.15, 0.2) is 0 Å². The SMILES string of the molecule is CCN(C)CCCOc1ccc(Cl)cc1. The minimum absolute atomic E-state index is 0.744. The average molecular weight is 228 g/mol. The van der Waals surface area contributed by atoms with Crippen molar-refractivity contribution in [3.8, 4) is 5.75 Å². The number of ether oxygens (including phenoxy) is 1. The Bertz CT molecular complexity index is 273. The van der Waals surface area contributed by atoms with Crippen molar-refractivity contribution < 1.29 is 4.74 Å². The summed E-state index contributed by atoms with van der Waals surface area (Å²) < 4.78 is 5.57. The highest BCUT2D eigenvalue weighted by Crippen LogP contribution is 2.15. The van der Waals surface area contributed by atoms with Gasteiger partial charge in [0.1, 0.15) is 5.75 Å². The van der Waals surface area contributed by atoms with Gasteiger partial charge in [0.2, 0.25) is 0 Å². The summed E-state index contributed by atoms with van der Waals surface area (Å²) in [5, 5.41) is 0.744. The van der Waals surface area contributed by atoms with Gasteiger partial charge in [0.05, 0.1) is 6.61 Å². The molecule has 0 unspecified atom stereocenters. The van der Waals surface area contributed by atoms with Gasteiger partial charge in [-0.05, 0) is 44.3 Å². The summed E-state index contributed by atoms with van der Waals surface area (Å²) in [6.07, 6.45) is 1.05. The van der Waals surface area contributed by atoms with E-state index in [-0.39, 0.29) is 0 Å². The molecule has 3 heteroatoms. The Morgan fingerprint density at radius 1 is 1.27 bits per heavy atom. The van der Waals surface area contributed by atoms with Crippen LogP contribution in [0.1, 0.15) is 13.3 Å². The Morgan fingerprint density at radius 2 is 1.93 bits per heavy atom. The van der Waals surface area contributed by atoms with Crippen LogP contribution in [0.25, 0.3) is 0 Å². The summed E-state index contributed by atoms with van der Waals surface area (Å²) in [5.74, 6) is 0.888. The molecule has 0 N–H and O–H groups in total. The van der Waals surface area contributed by atoms with Crippen LogP contribution in [-0.2, 0) is 0 Å². The first-order chi connectivity index (χ1) is 7.22. The van der Waals surface area contributed by atoms with Gasteiger partial charge in [0.25, 0.3) is 0 Å². The minimum Gasteiger partial charge on any atom is -0.494 e. The molecule has 0 heterocycles. The van der Waals surface area contributed by atoms with E-state index in [0.717, 1.165) is 36.9 Å². The second-order valence-electron chi connectivity index (χ2n) is 3.55. The molecule has 0 amide bonds. The summed E-state index contributed by atoms with van der Waals surface area (Å²) in [6, 6.07) is 7.47. The summed E-state index contributed by atoms with van der Waals surface area (Å²) in [4.78, 5) is 2.27. The maximum atomic E-state index is 5.77.